The van der Waals surface area contributed by atoms with Gasteiger partial charge in [-0.25, -0.2) is 10.4 Å². The molecule has 1 N–H and O–H groups in total. The maximum absolute atomic E-state index is 13.3. The van der Waals surface area contributed by atoms with Gasteiger partial charge in [-0.1, -0.05) is 84.4 Å². The molecule has 0 aliphatic heterocycles. The van der Waals surface area contributed by atoms with E-state index in [9.17, 15) is 9.59 Å². The van der Waals surface area contributed by atoms with Gasteiger partial charge in [0.1, 0.15) is 5.71 Å². The van der Waals surface area contributed by atoms with Gasteiger partial charge in [0.15, 0.2) is 0 Å². The molecule has 4 aromatic carbocycles. The highest BCUT2D eigenvalue weighted by Crippen LogP contribution is 2.32. The van der Waals surface area contributed by atoms with Gasteiger partial charge in [-0.05, 0) is 23.6 Å². The quantitative estimate of drug-likeness (QED) is 0.333. The van der Waals surface area contributed by atoms with Crippen LogP contribution in [-0.2, 0) is 0 Å². The molecule has 0 unspecified atom stereocenters. The highest BCUT2D eigenvalue weighted by Gasteiger charge is 2.29. The molecule has 1 aliphatic rings. The van der Waals surface area contributed by atoms with Gasteiger partial charge in [-0.3, -0.25) is 9.59 Å². The van der Waals surface area contributed by atoms with E-state index in [4.69, 9.17) is 16.6 Å². The standard InChI is InChI=1S/C28H16ClN3O2/c29-22-13-3-1-10-18(22)24-15-21(17-9-2-4-14-23(17)30-24)28(34)32-31-26-19-11-5-7-16-8-6-12-20(25(16)19)27(26)33/h1-15H,(H,32,34)/b31-26-. The predicted molar refractivity (Wildman–Crippen MR) is 134 cm³/mol. The first-order chi connectivity index (χ1) is 16.6. The maximum Gasteiger partial charge on any atom is 0.272 e. The second kappa shape index (κ2) is 7.90. The van der Waals surface area contributed by atoms with E-state index >= 15 is 0 Å². The van der Waals surface area contributed by atoms with Crippen molar-refractivity contribution in [1.29, 1.82) is 0 Å². The number of rotatable bonds is 3. The van der Waals surface area contributed by atoms with Gasteiger partial charge < -0.3 is 0 Å². The van der Waals surface area contributed by atoms with Crippen molar-refractivity contribution in [3.8, 4) is 11.3 Å². The summed E-state index contributed by atoms with van der Waals surface area (Å²) in [5.41, 5.74) is 6.50. The van der Waals surface area contributed by atoms with E-state index in [1.807, 2.05) is 72.8 Å². The van der Waals surface area contributed by atoms with Crippen molar-refractivity contribution < 1.29 is 9.59 Å². The Morgan fingerprint density at radius 1 is 0.824 bits per heavy atom. The molecule has 34 heavy (non-hydrogen) atoms. The van der Waals surface area contributed by atoms with Crippen LogP contribution in [0.2, 0.25) is 5.02 Å². The Bertz CT molecular complexity index is 1690. The molecule has 0 fully saturated rings. The molecule has 1 amide bonds. The zero-order valence-corrected chi connectivity index (χ0v) is 18.5. The normalized spacial score (nSPS) is 13.7. The minimum Gasteiger partial charge on any atom is -0.287 e. The van der Waals surface area contributed by atoms with Crippen LogP contribution < -0.4 is 5.43 Å². The van der Waals surface area contributed by atoms with Crippen LogP contribution in [0.25, 0.3) is 32.9 Å². The van der Waals surface area contributed by atoms with Crippen molar-refractivity contribution >= 4 is 50.7 Å². The van der Waals surface area contributed by atoms with E-state index < -0.39 is 5.91 Å². The summed E-state index contributed by atoms with van der Waals surface area (Å²) in [5.74, 6) is -0.640. The monoisotopic (exact) mass is 461 g/mol. The van der Waals surface area contributed by atoms with Crippen molar-refractivity contribution in [3.63, 3.8) is 0 Å². The Morgan fingerprint density at radius 2 is 1.53 bits per heavy atom. The number of ketones is 1. The fourth-order valence-corrected chi connectivity index (χ4v) is 4.66. The van der Waals surface area contributed by atoms with Crippen molar-refractivity contribution in [1.82, 2.24) is 10.4 Å². The number of para-hydroxylation sites is 1. The summed E-state index contributed by atoms with van der Waals surface area (Å²) in [4.78, 5) is 31.0. The van der Waals surface area contributed by atoms with Gasteiger partial charge in [-0.2, -0.15) is 5.10 Å². The first kappa shape index (κ1) is 20.3. The summed E-state index contributed by atoms with van der Waals surface area (Å²) in [5, 5.41) is 7.31. The van der Waals surface area contributed by atoms with E-state index in [0.29, 0.717) is 32.7 Å². The molecule has 0 bridgehead atoms. The molecular formula is C28H16ClN3O2. The summed E-state index contributed by atoms with van der Waals surface area (Å²) < 4.78 is 0. The predicted octanol–water partition coefficient (Wildman–Crippen LogP) is 6.04. The minimum absolute atomic E-state index is 0.205. The summed E-state index contributed by atoms with van der Waals surface area (Å²) in [6, 6.07) is 27.7. The third kappa shape index (κ3) is 3.17. The number of aromatic nitrogens is 1. The fraction of sp³-hybridized carbons (Fsp3) is 0. The average Bonchev–Trinajstić information content (AvgIpc) is 3.15. The molecule has 0 atom stereocenters. The van der Waals surface area contributed by atoms with Crippen LogP contribution in [0.3, 0.4) is 0 Å². The number of halogens is 1. The lowest BCUT2D eigenvalue weighted by Gasteiger charge is -2.10. The number of nitrogens with one attached hydrogen (secondary N) is 1. The van der Waals surface area contributed by atoms with Crippen molar-refractivity contribution in [2.24, 2.45) is 5.10 Å². The van der Waals surface area contributed by atoms with E-state index in [-0.39, 0.29) is 11.5 Å². The molecule has 1 aliphatic carbocycles. The molecule has 0 saturated carbocycles. The van der Waals surface area contributed by atoms with Crippen LogP contribution in [-0.4, -0.2) is 22.4 Å². The van der Waals surface area contributed by atoms with Crippen molar-refractivity contribution in [2.45, 2.75) is 0 Å². The molecule has 162 valence electrons. The summed E-state index contributed by atoms with van der Waals surface area (Å²) in [6.45, 7) is 0. The summed E-state index contributed by atoms with van der Waals surface area (Å²) in [7, 11) is 0. The van der Waals surface area contributed by atoms with Crippen molar-refractivity contribution in [3.05, 3.63) is 113 Å². The molecule has 0 spiro atoms. The highest BCUT2D eigenvalue weighted by atomic mass is 35.5. The highest BCUT2D eigenvalue weighted by molar-refractivity contribution is 6.59. The number of fused-ring (bicyclic) bond motifs is 1. The number of amides is 1. The van der Waals surface area contributed by atoms with Crippen LogP contribution in [0.4, 0.5) is 0 Å². The SMILES string of the molecule is O=C(N/N=C1\C(=O)c2cccc3cccc1c23)c1cc(-c2ccccc2Cl)nc2ccccc12. The molecule has 1 heterocycles. The van der Waals surface area contributed by atoms with Crippen LogP contribution in [0, 0.1) is 0 Å². The van der Waals surface area contributed by atoms with Gasteiger partial charge in [-0.15, -0.1) is 0 Å². The minimum atomic E-state index is -0.435. The molecule has 5 nitrogen and oxygen atoms in total. The molecule has 0 radical (unpaired) electrons. The Morgan fingerprint density at radius 3 is 2.35 bits per heavy atom. The molecule has 6 rings (SSSR count). The Hall–Kier alpha value is -4.35. The third-order valence-electron chi connectivity index (χ3n) is 6.00. The van der Waals surface area contributed by atoms with Gasteiger partial charge in [0, 0.05) is 32.5 Å². The lowest BCUT2D eigenvalue weighted by molar-refractivity contribution is 0.0956. The Kier molecular flexibility index (Phi) is 4.71. The first-order valence-electron chi connectivity index (χ1n) is 10.7. The molecular weight excluding hydrogens is 446 g/mol. The van der Waals surface area contributed by atoms with E-state index in [1.165, 1.54) is 0 Å². The number of carbonyl (C=O) groups is 2. The van der Waals surface area contributed by atoms with Gasteiger partial charge in [0.2, 0.25) is 5.78 Å². The fourth-order valence-electron chi connectivity index (χ4n) is 4.43. The topological polar surface area (TPSA) is 71.4 Å². The van der Waals surface area contributed by atoms with Crippen LogP contribution >= 0.6 is 11.6 Å². The largest absolute Gasteiger partial charge is 0.287 e. The molecule has 6 heteroatoms. The summed E-state index contributed by atoms with van der Waals surface area (Å²) >= 11 is 6.39. The first-order valence-corrected chi connectivity index (χ1v) is 11.1. The van der Waals surface area contributed by atoms with Crippen LogP contribution in [0.5, 0.6) is 0 Å². The van der Waals surface area contributed by atoms with Gasteiger partial charge in [0.25, 0.3) is 5.91 Å². The zero-order valence-electron chi connectivity index (χ0n) is 17.7. The number of benzene rings is 4. The summed E-state index contributed by atoms with van der Waals surface area (Å²) in [6.07, 6.45) is 0. The van der Waals surface area contributed by atoms with E-state index in [0.717, 1.165) is 21.9 Å². The van der Waals surface area contributed by atoms with Crippen molar-refractivity contribution in [2.75, 3.05) is 0 Å². The average molecular weight is 462 g/mol. The molecule has 0 saturated heterocycles. The number of pyridine rings is 1. The lowest BCUT2D eigenvalue weighted by Crippen LogP contribution is -2.22. The van der Waals surface area contributed by atoms with Crippen LogP contribution in [0.1, 0.15) is 26.3 Å². The Balaban J connectivity index is 1.43. The van der Waals surface area contributed by atoms with E-state index in [2.05, 4.69) is 10.5 Å². The Labute approximate surface area is 199 Å². The second-order valence-corrected chi connectivity index (χ2v) is 8.40. The van der Waals surface area contributed by atoms with Gasteiger partial charge >= 0.3 is 0 Å². The number of hydrogen-bond acceptors (Lipinski definition) is 4. The lowest BCUT2D eigenvalue weighted by atomic mass is 10.0. The zero-order chi connectivity index (χ0) is 23.2. The number of hydrogen-bond donors (Lipinski definition) is 1. The number of nitrogens with zero attached hydrogens (tertiary/aromatic N) is 2. The molecule has 5 aromatic rings. The maximum atomic E-state index is 13.3. The van der Waals surface area contributed by atoms with E-state index in [1.54, 1.807) is 18.2 Å². The molecule has 1 aromatic heterocycles. The smallest absolute Gasteiger partial charge is 0.272 e. The number of carbonyl (C=O) groups excluding carboxylic acids is 2. The van der Waals surface area contributed by atoms with Gasteiger partial charge in [0.05, 0.1) is 16.8 Å². The number of hydrazone groups is 1. The number of Topliss-reactive ketones (excluding diaryl/α,β-unsaturated/α-hetero) is 1. The second-order valence-electron chi connectivity index (χ2n) is 7.99. The third-order valence-corrected chi connectivity index (χ3v) is 6.33. The van der Waals surface area contributed by atoms with Crippen LogP contribution in [0.15, 0.2) is 96.1 Å².